The van der Waals surface area contributed by atoms with Crippen LogP contribution in [0.3, 0.4) is 0 Å². The second-order valence-corrected chi connectivity index (χ2v) is 7.80. The number of thioether (sulfide) groups is 1. The van der Waals surface area contributed by atoms with Crippen molar-refractivity contribution >= 4 is 50.9 Å². The van der Waals surface area contributed by atoms with Gasteiger partial charge in [-0.25, -0.2) is 4.98 Å². The largest absolute Gasteiger partial charge is 0.369 e. The van der Waals surface area contributed by atoms with Gasteiger partial charge in [0.15, 0.2) is 5.13 Å². The first kappa shape index (κ1) is 17.5. The fraction of sp³-hybridized carbons (Fsp3) is 0.235. The number of carbonyl (C=O) groups excluding carboxylic acids is 2. The third-order valence-electron chi connectivity index (χ3n) is 3.64. The summed E-state index contributed by atoms with van der Waals surface area (Å²) in [4.78, 5) is 30.6. The van der Waals surface area contributed by atoms with Crippen LogP contribution in [0, 0.1) is 6.92 Å². The van der Waals surface area contributed by atoms with E-state index in [1.165, 1.54) is 23.1 Å². The van der Waals surface area contributed by atoms with Gasteiger partial charge in [0.05, 0.1) is 15.7 Å². The van der Waals surface area contributed by atoms with Crippen molar-refractivity contribution in [1.82, 2.24) is 9.97 Å². The van der Waals surface area contributed by atoms with E-state index in [4.69, 9.17) is 5.73 Å². The SMILES string of the molecule is Cc1nc(NC(=O)CCc2c[nH]c3ccccc23)sc1SCC(N)=O. The number of amides is 2. The second kappa shape index (κ2) is 7.71. The van der Waals surface area contributed by atoms with Crippen molar-refractivity contribution < 1.29 is 9.59 Å². The molecule has 6 nitrogen and oxygen atoms in total. The van der Waals surface area contributed by atoms with Gasteiger partial charge in [0.2, 0.25) is 11.8 Å². The minimum atomic E-state index is -0.373. The van der Waals surface area contributed by atoms with Crippen molar-refractivity contribution in [2.45, 2.75) is 24.0 Å². The number of H-pyrrole nitrogens is 1. The topological polar surface area (TPSA) is 101 Å². The predicted molar refractivity (Wildman–Crippen MR) is 102 cm³/mol. The summed E-state index contributed by atoms with van der Waals surface area (Å²) in [7, 11) is 0. The van der Waals surface area contributed by atoms with Gasteiger partial charge in [-0.15, -0.1) is 11.8 Å². The zero-order chi connectivity index (χ0) is 17.8. The first-order valence-electron chi connectivity index (χ1n) is 7.76. The number of para-hydroxylation sites is 1. The highest BCUT2D eigenvalue weighted by atomic mass is 32.2. The van der Waals surface area contributed by atoms with Crippen molar-refractivity contribution in [3.8, 4) is 0 Å². The van der Waals surface area contributed by atoms with Crippen LogP contribution in [0.4, 0.5) is 5.13 Å². The van der Waals surface area contributed by atoms with Gasteiger partial charge < -0.3 is 16.0 Å². The monoisotopic (exact) mass is 374 g/mol. The number of aromatic amines is 1. The molecule has 0 spiro atoms. The molecule has 2 amide bonds. The molecule has 25 heavy (non-hydrogen) atoms. The summed E-state index contributed by atoms with van der Waals surface area (Å²) in [6.45, 7) is 1.85. The molecule has 0 saturated heterocycles. The molecule has 3 rings (SSSR count). The van der Waals surface area contributed by atoms with Crippen LogP contribution in [0.5, 0.6) is 0 Å². The molecule has 0 bridgehead atoms. The third-order valence-corrected chi connectivity index (χ3v) is 6.10. The first-order chi connectivity index (χ1) is 12.0. The van der Waals surface area contributed by atoms with Gasteiger partial charge in [-0.3, -0.25) is 9.59 Å². The number of primary amides is 1. The lowest BCUT2D eigenvalue weighted by molar-refractivity contribution is -0.116. The van der Waals surface area contributed by atoms with Gasteiger partial charge in [0.1, 0.15) is 0 Å². The van der Waals surface area contributed by atoms with Gasteiger partial charge in [0.25, 0.3) is 0 Å². The van der Waals surface area contributed by atoms with Crippen molar-refractivity contribution in [2.24, 2.45) is 5.73 Å². The average molecular weight is 374 g/mol. The van der Waals surface area contributed by atoms with E-state index in [2.05, 4.69) is 15.3 Å². The van der Waals surface area contributed by atoms with Gasteiger partial charge in [-0.05, 0) is 25.0 Å². The third kappa shape index (κ3) is 4.40. The van der Waals surface area contributed by atoms with E-state index in [0.29, 0.717) is 18.0 Å². The molecule has 0 radical (unpaired) electrons. The van der Waals surface area contributed by atoms with E-state index in [-0.39, 0.29) is 17.6 Å². The maximum Gasteiger partial charge on any atom is 0.227 e. The van der Waals surface area contributed by atoms with E-state index in [1.807, 2.05) is 37.4 Å². The van der Waals surface area contributed by atoms with E-state index >= 15 is 0 Å². The molecular formula is C17H18N4O2S2. The van der Waals surface area contributed by atoms with E-state index < -0.39 is 0 Å². The number of carbonyl (C=O) groups is 2. The van der Waals surface area contributed by atoms with Crippen LogP contribution in [-0.4, -0.2) is 27.5 Å². The number of nitrogens with one attached hydrogen (secondary N) is 2. The van der Waals surface area contributed by atoms with E-state index in [9.17, 15) is 9.59 Å². The summed E-state index contributed by atoms with van der Waals surface area (Å²) < 4.78 is 0.894. The Hall–Kier alpha value is -2.32. The Morgan fingerprint density at radius 2 is 2.16 bits per heavy atom. The maximum atomic E-state index is 12.2. The average Bonchev–Trinajstić information content (AvgIpc) is 3.14. The zero-order valence-electron chi connectivity index (χ0n) is 13.7. The summed E-state index contributed by atoms with van der Waals surface area (Å²) in [6, 6.07) is 8.03. The Kier molecular flexibility index (Phi) is 5.40. The van der Waals surface area contributed by atoms with Crippen LogP contribution in [-0.2, 0) is 16.0 Å². The Bertz CT molecular complexity index is 916. The van der Waals surface area contributed by atoms with Gasteiger partial charge in [-0.2, -0.15) is 0 Å². The van der Waals surface area contributed by atoms with Crippen molar-refractivity contribution in [1.29, 1.82) is 0 Å². The minimum Gasteiger partial charge on any atom is -0.369 e. The minimum absolute atomic E-state index is 0.0783. The number of anilines is 1. The fourth-order valence-corrected chi connectivity index (χ4v) is 4.37. The molecule has 0 unspecified atom stereocenters. The summed E-state index contributed by atoms with van der Waals surface area (Å²) in [6.07, 6.45) is 2.98. The summed E-state index contributed by atoms with van der Waals surface area (Å²) in [5.74, 6) is -0.246. The number of thiazole rings is 1. The number of aryl methyl sites for hydroxylation is 2. The number of hydrogen-bond donors (Lipinski definition) is 3. The lowest BCUT2D eigenvalue weighted by Crippen LogP contribution is -2.12. The molecule has 2 aromatic heterocycles. The Morgan fingerprint density at radius 1 is 1.36 bits per heavy atom. The molecule has 2 heterocycles. The fourth-order valence-electron chi connectivity index (χ4n) is 2.47. The summed E-state index contributed by atoms with van der Waals surface area (Å²) >= 11 is 2.70. The van der Waals surface area contributed by atoms with E-state index in [1.54, 1.807) is 0 Å². The quantitative estimate of drug-likeness (QED) is 0.553. The Labute approximate surface area is 153 Å². The van der Waals surface area contributed by atoms with Gasteiger partial charge >= 0.3 is 0 Å². The smallest absolute Gasteiger partial charge is 0.227 e. The van der Waals surface area contributed by atoms with Crippen LogP contribution in [0.25, 0.3) is 10.9 Å². The Balaban J connectivity index is 1.57. The van der Waals surface area contributed by atoms with Crippen LogP contribution in [0.1, 0.15) is 17.7 Å². The molecule has 0 saturated carbocycles. The summed E-state index contributed by atoms with van der Waals surface area (Å²) in [5, 5.41) is 4.52. The number of rotatable bonds is 7. The van der Waals surface area contributed by atoms with Crippen LogP contribution >= 0.6 is 23.1 Å². The number of aromatic nitrogens is 2. The highest BCUT2D eigenvalue weighted by molar-refractivity contribution is 8.01. The van der Waals surface area contributed by atoms with Crippen molar-refractivity contribution in [3.05, 3.63) is 41.7 Å². The number of hydrogen-bond acceptors (Lipinski definition) is 5. The molecule has 0 aliphatic rings. The highest BCUT2D eigenvalue weighted by Crippen LogP contribution is 2.32. The predicted octanol–water partition coefficient (Wildman–Crippen LogP) is 3.08. The molecule has 0 atom stereocenters. The molecule has 130 valence electrons. The van der Waals surface area contributed by atoms with Crippen LogP contribution < -0.4 is 11.1 Å². The number of nitrogens with zero attached hydrogens (tertiary/aromatic N) is 1. The molecule has 0 aliphatic carbocycles. The molecule has 4 N–H and O–H groups in total. The standard InChI is InChI=1S/C17H18N4O2S2/c1-10-16(24-9-14(18)22)25-17(20-10)21-15(23)7-6-11-8-19-13-5-3-2-4-12(11)13/h2-5,8,19H,6-7,9H2,1H3,(H2,18,22)(H,20,21,23). The molecule has 3 aromatic rings. The summed E-state index contributed by atoms with van der Waals surface area (Å²) in [5.41, 5.74) is 8.15. The number of nitrogens with two attached hydrogens (primary N) is 1. The highest BCUT2D eigenvalue weighted by Gasteiger charge is 2.12. The zero-order valence-corrected chi connectivity index (χ0v) is 15.3. The van der Waals surface area contributed by atoms with Crippen LogP contribution in [0.2, 0.25) is 0 Å². The first-order valence-corrected chi connectivity index (χ1v) is 9.56. The number of benzene rings is 1. The number of fused-ring (bicyclic) bond motifs is 1. The maximum absolute atomic E-state index is 12.2. The van der Waals surface area contributed by atoms with Crippen molar-refractivity contribution in [2.75, 3.05) is 11.1 Å². The second-order valence-electron chi connectivity index (χ2n) is 5.55. The Morgan fingerprint density at radius 3 is 2.96 bits per heavy atom. The molecule has 0 aliphatic heterocycles. The normalized spacial score (nSPS) is 10.9. The molecule has 1 aromatic carbocycles. The van der Waals surface area contributed by atoms with Crippen LogP contribution in [0.15, 0.2) is 34.7 Å². The van der Waals surface area contributed by atoms with Gasteiger partial charge in [-0.1, -0.05) is 29.5 Å². The lowest BCUT2D eigenvalue weighted by atomic mass is 10.1. The molecule has 0 fully saturated rings. The molecular weight excluding hydrogens is 356 g/mol. The molecule has 8 heteroatoms. The van der Waals surface area contributed by atoms with E-state index in [0.717, 1.165) is 26.4 Å². The lowest BCUT2D eigenvalue weighted by Gasteiger charge is -2.01. The van der Waals surface area contributed by atoms with Gasteiger partial charge in [0, 0.05) is 23.5 Å². The van der Waals surface area contributed by atoms with Crippen molar-refractivity contribution in [3.63, 3.8) is 0 Å².